The smallest absolute Gasteiger partial charge is 0.125 e. The molecule has 2 atom stereocenters. The van der Waals surface area contributed by atoms with Crippen LogP contribution in [-0.4, -0.2) is 25.2 Å². The molecule has 0 aliphatic carbocycles. The van der Waals surface area contributed by atoms with E-state index in [4.69, 9.17) is 0 Å². The van der Waals surface area contributed by atoms with Crippen LogP contribution in [0.15, 0.2) is 22.7 Å². The Kier molecular flexibility index (Phi) is 4.62. The van der Waals surface area contributed by atoms with Crippen LogP contribution in [0.25, 0.3) is 0 Å². The van der Waals surface area contributed by atoms with Crippen molar-refractivity contribution >= 4 is 21.6 Å². The van der Waals surface area contributed by atoms with E-state index in [2.05, 4.69) is 40.0 Å². The van der Waals surface area contributed by atoms with Gasteiger partial charge in [0.15, 0.2) is 0 Å². The van der Waals surface area contributed by atoms with Gasteiger partial charge in [0.2, 0.25) is 0 Å². The van der Waals surface area contributed by atoms with Crippen LogP contribution in [-0.2, 0) is 0 Å². The summed E-state index contributed by atoms with van der Waals surface area (Å²) in [6, 6.07) is 5.78. The molecule has 1 aromatic carbocycles. The molecule has 2 nitrogen and oxygen atoms in total. The van der Waals surface area contributed by atoms with Crippen LogP contribution in [0.2, 0.25) is 0 Å². The summed E-state index contributed by atoms with van der Waals surface area (Å²) in [7, 11) is 0. The standard InChI is InChI=1S/C14H20BrFN2/c1-3-4-12-9-18(10(2)8-17-12)14-7-11(16)5-6-13(14)15/h5-7,10,12,17H,3-4,8-9H2,1-2H3. The fraction of sp³-hybridized carbons (Fsp3) is 0.571. The molecule has 2 rings (SSSR count). The van der Waals surface area contributed by atoms with E-state index in [0.29, 0.717) is 12.1 Å². The van der Waals surface area contributed by atoms with Crippen molar-refractivity contribution in [2.75, 3.05) is 18.0 Å². The van der Waals surface area contributed by atoms with E-state index in [1.165, 1.54) is 12.5 Å². The fourth-order valence-electron chi connectivity index (χ4n) is 2.51. The minimum absolute atomic E-state index is 0.175. The second-order valence-electron chi connectivity index (χ2n) is 4.99. The summed E-state index contributed by atoms with van der Waals surface area (Å²) in [5, 5.41) is 3.55. The highest BCUT2D eigenvalue weighted by atomic mass is 79.9. The van der Waals surface area contributed by atoms with E-state index in [-0.39, 0.29) is 5.82 Å². The van der Waals surface area contributed by atoms with Crippen LogP contribution < -0.4 is 10.2 Å². The molecule has 4 heteroatoms. The first kappa shape index (κ1) is 13.8. The summed E-state index contributed by atoms with van der Waals surface area (Å²) in [6.07, 6.45) is 2.33. The van der Waals surface area contributed by atoms with Gasteiger partial charge in [-0.2, -0.15) is 0 Å². The van der Waals surface area contributed by atoms with Crippen molar-refractivity contribution in [1.82, 2.24) is 5.32 Å². The summed E-state index contributed by atoms with van der Waals surface area (Å²) >= 11 is 3.52. The van der Waals surface area contributed by atoms with Gasteiger partial charge in [-0.1, -0.05) is 13.3 Å². The maximum atomic E-state index is 13.4. The monoisotopic (exact) mass is 314 g/mol. The number of hydrogen-bond acceptors (Lipinski definition) is 2. The highest BCUT2D eigenvalue weighted by Crippen LogP contribution is 2.30. The molecule has 1 N–H and O–H groups in total. The Hall–Kier alpha value is -0.610. The van der Waals surface area contributed by atoms with E-state index < -0.39 is 0 Å². The molecule has 18 heavy (non-hydrogen) atoms. The topological polar surface area (TPSA) is 15.3 Å². The molecule has 0 spiro atoms. The largest absolute Gasteiger partial charge is 0.365 e. The Morgan fingerprint density at radius 3 is 3.00 bits per heavy atom. The number of piperazine rings is 1. The molecule has 0 radical (unpaired) electrons. The highest BCUT2D eigenvalue weighted by molar-refractivity contribution is 9.10. The van der Waals surface area contributed by atoms with E-state index in [1.54, 1.807) is 12.1 Å². The quantitative estimate of drug-likeness (QED) is 0.917. The Labute approximate surface area is 117 Å². The first-order chi connectivity index (χ1) is 8.61. The number of hydrogen-bond donors (Lipinski definition) is 1. The van der Waals surface area contributed by atoms with Gasteiger partial charge >= 0.3 is 0 Å². The highest BCUT2D eigenvalue weighted by Gasteiger charge is 2.25. The Bertz CT molecular complexity index is 411. The lowest BCUT2D eigenvalue weighted by molar-refractivity contribution is 0.385. The average Bonchev–Trinajstić information content (AvgIpc) is 2.35. The fourth-order valence-corrected chi connectivity index (χ4v) is 2.99. The van der Waals surface area contributed by atoms with Gasteiger partial charge < -0.3 is 10.2 Å². The predicted molar refractivity (Wildman–Crippen MR) is 77.6 cm³/mol. The maximum Gasteiger partial charge on any atom is 0.125 e. The maximum absolute atomic E-state index is 13.4. The van der Waals surface area contributed by atoms with Gasteiger partial charge in [0, 0.05) is 29.6 Å². The summed E-state index contributed by atoms with van der Waals surface area (Å²) in [6.45, 7) is 6.26. The van der Waals surface area contributed by atoms with Gasteiger partial charge in [-0.15, -0.1) is 0 Å². The summed E-state index contributed by atoms with van der Waals surface area (Å²) < 4.78 is 14.4. The molecular weight excluding hydrogens is 295 g/mol. The predicted octanol–water partition coefficient (Wildman–Crippen LogP) is 3.56. The van der Waals surface area contributed by atoms with Crippen LogP contribution in [0.3, 0.4) is 0 Å². The Morgan fingerprint density at radius 2 is 2.28 bits per heavy atom. The van der Waals surface area contributed by atoms with E-state index in [1.807, 2.05) is 0 Å². The number of anilines is 1. The SMILES string of the molecule is CCCC1CN(c2cc(F)ccc2Br)C(C)CN1. The summed E-state index contributed by atoms with van der Waals surface area (Å²) in [5.74, 6) is -0.175. The number of benzene rings is 1. The van der Waals surface area contributed by atoms with E-state index >= 15 is 0 Å². The Morgan fingerprint density at radius 1 is 1.50 bits per heavy atom. The number of halogens is 2. The van der Waals surface area contributed by atoms with Gasteiger partial charge in [0.05, 0.1) is 5.69 Å². The second kappa shape index (κ2) is 6.02. The van der Waals surface area contributed by atoms with E-state index in [9.17, 15) is 4.39 Å². The zero-order chi connectivity index (χ0) is 13.1. The molecule has 1 aliphatic rings. The molecule has 1 heterocycles. The molecule has 0 saturated carbocycles. The average molecular weight is 315 g/mol. The molecule has 0 amide bonds. The van der Waals surface area contributed by atoms with Crippen molar-refractivity contribution < 1.29 is 4.39 Å². The Balaban J connectivity index is 2.21. The molecule has 1 saturated heterocycles. The van der Waals surface area contributed by atoms with Crippen molar-refractivity contribution in [3.05, 3.63) is 28.5 Å². The second-order valence-corrected chi connectivity index (χ2v) is 5.85. The van der Waals surface area contributed by atoms with Crippen LogP contribution in [0, 0.1) is 5.82 Å². The zero-order valence-corrected chi connectivity index (χ0v) is 12.5. The first-order valence-electron chi connectivity index (χ1n) is 6.57. The van der Waals surface area contributed by atoms with E-state index in [0.717, 1.165) is 29.7 Å². The van der Waals surface area contributed by atoms with Crippen molar-refractivity contribution in [1.29, 1.82) is 0 Å². The number of rotatable bonds is 3. The summed E-state index contributed by atoms with van der Waals surface area (Å²) in [5.41, 5.74) is 0.963. The molecule has 1 aliphatic heterocycles. The van der Waals surface area contributed by atoms with Gasteiger partial charge in [0.1, 0.15) is 5.82 Å². The van der Waals surface area contributed by atoms with Crippen LogP contribution in [0.5, 0.6) is 0 Å². The van der Waals surface area contributed by atoms with Crippen LogP contribution >= 0.6 is 15.9 Å². The molecule has 100 valence electrons. The van der Waals surface area contributed by atoms with Crippen LogP contribution in [0.4, 0.5) is 10.1 Å². The third kappa shape index (κ3) is 3.04. The first-order valence-corrected chi connectivity index (χ1v) is 7.36. The van der Waals surface area contributed by atoms with Gasteiger partial charge in [0.25, 0.3) is 0 Å². The lowest BCUT2D eigenvalue weighted by atomic mass is 10.1. The lowest BCUT2D eigenvalue weighted by Gasteiger charge is -2.41. The van der Waals surface area contributed by atoms with Crippen molar-refractivity contribution in [3.8, 4) is 0 Å². The number of nitrogens with zero attached hydrogens (tertiary/aromatic N) is 1. The molecule has 0 aromatic heterocycles. The zero-order valence-electron chi connectivity index (χ0n) is 10.9. The molecule has 1 fully saturated rings. The van der Waals surface area contributed by atoms with Gasteiger partial charge in [-0.05, 0) is 47.5 Å². The minimum atomic E-state index is -0.175. The lowest BCUT2D eigenvalue weighted by Crippen LogP contribution is -2.55. The minimum Gasteiger partial charge on any atom is -0.365 e. The summed E-state index contributed by atoms with van der Waals surface area (Å²) in [4.78, 5) is 2.30. The molecule has 2 unspecified atom stereocenters. The van der Waals surface area contributed by atoms with Crippen LogP contribution in [0.1, 0.15) is 26.7 Å². The van der Waals surface area contributed by atoms with Gasteiger partial charge in [-0.25, -0.2) is 4.39 Å². The van der Waals surface area contributed by atoms with Crippen molar-refractivity contribution in [3.63, 3.8) is 0 Å². The molecule has 1 aromatic rings. The molecular formula is C14H20BrFN2. The van der Waals surface area contributed by atoms with Gasteiger partial charge in [-0.3, -0.25) is 0 Å². The third-order valence-corrected chi connectivity index (χ3v) is 4.18. The molecule has 0 bridgehead atoms. The number of nitrogens with one attached hydrogen (secondary N) is 1. The normalized spacial score (nSPS) is 24.3. The van der Waals surface area contributed by atoms with Crippen molar-refractivity contribution in [2.24, 2.45) is 0 Å². The third-order valence-electron chi connectivity index (χ3n) is 3.51. The van der Waals surface area contributed by atoms with Crippen molar-refractivity contribution in [2.45, 2.75) is 38.8 Å².